The fraction of sp³-hybridized carbons (Fsp3) is 0.571. The van der Waals surface area contributed by atoms with Crippen molar-refractivity contribution in [3.63, 3.8) is 0 Å². The summed E-state index contributed by atoms with van der Waals surface area (Å²) in [6.07, 6.45) is 13.8. The molecule has 17 heavy (non-hydrogen) atoms. The molecular weight excluding hydrogens is 214 g/mol. The average molecular weight is 233 g/mol. The van der Waals surface area contributed by atoms with Crippen molar-refractivity contribution in [1.29, 1.82) is 0 Å². The van der Waals surface area contributed by atoms with Crippen LogP contribution in [0.15, 0.2) is 24.3 Å². The third-order valence-corrected chi connectivity index (χ3v) is 3.47. The summed E-state index contributed by atoms with van der Waals surface area (Å²) in [6, 6.07) is 0. The Morgan fingerprint density at radius 3 is 2.76 bits per heavy atom. The minimum absolute atomic E-state index is 0.162. The lowest BCUT2D eigenvalue weighted by molar-refractivity contribution is -0.139. The molecule has 0 bridgehead atoms. The van der Waals surface area contributed by atoms with Gasteiger partial charge in [-0.2, -0.15) is 0 Å². The molecule has 0 aromatic heterocycles. The number of imide groups is 1. The van der Waals surface area contributed by atoms with Gasteiger partial charge in [0.05, 0.1) is 0 Å². The van der Waals surface area contributed by atoms with Gasteiger partial charge in [-0.05, 0) is 37.3 Å². The van der Waals surface area contributed by atoms with Gasteiger partial charge in [-0.25, -0.2) is 0 Å². The smallest absolute Gasteiger partial charge is 0.253 e. The van der Waals surface area contributed by atoms with Crippen LogP contribution >= 0.6 is 0 Å². The van der Waals surface area contributed by atoms with Crippen LogP contribution in [0.2, 0.25) is 0 Å². The van der Waals surface area contributed by atoms with Crippen molar-refractivity contribution >= 4 is 11.8 Å². The van der Waals surface area contributed by atoms with Crippen molar-refractivity contribution in [2.75, 3.05) is 6.54 Å². The Balaban J connectivity index is 1.89. The maximum atomic E-state index is 11.8. The van der Waals surface area contributed by atoms with Crippen LogP contribution in [0.25, 0.3) is 0 Å². The van der Waals surface area contributed by atoms with Gasteiger partial charge in [-0.1, -0.05) is 31.4 Å². The Morgan fingerprint density at radius 2 is 2.06 bits per heavy atom. The second kappa shape index (κ2) is 5.80. The number of hydrogen-bond acceptors (Lipinski definition) is 2. The summed E-state index contributed by atoms with van der Waals surface area (Å²) in [5, 5.41) is 0. The summed E-state index contributed by atoms with van der Waals surface area (Å²) in [7, 11) is 0. The predicted molar refractivity (Wildman–Crippen MR) is 66.2 cm³/mol. The molecule has 0 aromatic carbocycles. The van der Waals surface area contributed by atoms with E-state index >= 15 is 0 Å². The molecule has 1 aliphatic carbocycles. The molecule has 1 heterocycles. The lowest BCUT2D eigenvalue weighted by Crippen LogP contribution is -2.37. The van der Waals surface area contributed by atoms with Gasteiger partial charge in [-0.3, -0.25) is 14.5 Å². The fourth-order valence-corrected chi connectivity index (χ4v) is 2.44. The molecule has 0 N–H and O–H groups in total. The Bertz CT molecular complexity index is 351. The molecule has 0 radical (unpaired) electrons. The van der Waals surface area contributed by atoms with Crippen LogP contribution < -0.4 is 0 Å². The molecule has 3 nitrogen and oxygen atoms in total. The number of rotatable bonds is 2. The minimum Gasteiger partial charge on any atom is -0.275 e. The summed E-state index contributed by atoms with van der Waals surface area (Å²) in [5.41, 5.74) is 0. The quantitative estimate of drug-likeness (QED) is 0.687. The van der Waals surface area contributed by atoms with Crippen molar-refractivity contribution in [3.05, 3.63) is 24.3 Å². The van der Waals surface area contributed by atoms with E-state index in [1.54, 1.807) is 6.08 Å². The number of hydrogen-bond donors (Lipinski definition) is 0. The van der Waals surface area contributed by atoms with E-state index in [4.69, 9.17) is 0 Å². The van der Waals surface area contributed by atoms with Crippen molar-refractivity contribution in [1.82, 2.24) is 4.90 Å². The summed E-state index contributed by atoms with van der Waals surface area (Å²) >= 11 is 0. The summed E-state index contributed by atoms with van der Waals surface area (Å²) in [6.45, 7) is 0.517. The number of allylic oxidation sites excluding steroid dienone is 1. The molecule has 0 spiro atoms. The normalized spacial score (nSPS) is 22.4. The molecule has 1 saturated carbocycles. The van der Waals surface area contributed by atoms with Crippen LogP contribution in [0.3, 0.4) is 0 Å². The van der Waals surface area contributed by atoms with Crippen molar-refractivity contribution < 1.29 is 9.59 Å². The average Bonchev–Trinajstić information content (AvgIpc) is 2.38. The van der Waals surface area contributed by atoms with Gasteiger partial charge in [-0.15, -0.1) is 0 Å². The van der Waals surface area contributed by atoms with Crippen LogP contribution in [-0.2, 0) is 9.59 Å². The molecule has 2 amide bonds. The molecule has 0 saturated heterocycles. The van der Waals surface area contributed by atoms with Gasteiger partial charge < -0.3 is 0 Å². The zero-order valence-electron chi connectivity index (χ0n) is 10.1. The third kappa shape index (κ3) is 3.29. The van der Waals surface area contributed by atoms with E-state index in [0.717, 1.165) is 6.42 Å². The third-order valence-electron chi connectivity index (χ3n) is 3.47. The summed E-state index contributed by atoms with van der Waals surface area (Å²) < 4.78 is 0. The molecule has 3 heteroatoms. The molecule has 0 aromatic rings. The SMILES string of the molecule is O=C1C=CCCN1C(=O)C=CC1CCCCC1. The highest BCUT2D eigenvalue weighted by atomic mass is 16.2. The van der Waals surface area contributed by atoms with Crippen LogP contribution in [0, 0.1) is 5.92 Å². The van der Waals surface area contributed by atoms with Crippen LogP contribution in [0.4, 0.5) is 0 Å². The molecule has 2 rings (SSSR count). The molecule has 1 aliphatic heterocycles. The number of carbonyl (C=O) groups is 2. The van der Waals surface area contributed by atoms with Gasteiger partial charge >= 0.3 is 0 Å². The predicted octanol–water partition coefficient (Wildman–Crippen LogP) is 2.44. The van der Waals surface area contributed by atoms with E-state index in [9.17, 15) is 9.59 Å². The van der Waals surface area contributed by atoms with Crippen molar-refractivity contribution in [3.8, 4) is 0 Å². The van der Waals surface area contributed by atoms with Crippen molar-refractivity contribution in [2.45, 2.75) is 38.5 Å². The summed E-state index contributed by atoms with van der Waals surface area (Å²) in [4.78, 5) is 24.6. The zero-order valence-corrected chi connectivity index (χ0v) is 10.1. The first-order valence-electron chi connectivity index (χ1n) is 6.47. The van der Waals surface area contributed by atoms with E-state index in [1.807, 2.05) is 12.2 Å². The largest absolute Gasteiger partial charge is 0.275 e. The van der Waals surface area contributed by atoms with Gasteiger partial charge in [0.2, 0.25) is 0 Å². The highest BCUT2D eigenvalue weighted by Gasteiger charge is 2.19. The topological polar surface area (TPSA) is 37.4 Å². The first kappa shape index (κ1) is 12.1. The number of amides is 2. The Morgan fingerprint density at radius 1 is 1.29 bits per heavy atom. The van der Waals surface area contributed by atoms with E-state index < -0.39 is 0 Å². The second-order valence-corrected chi connectivity index (χ2v) is 4.78. The van der Waals surface area contributed by atoms with E-state index in [0.29, 0.717) is 12.5 Å². The molecule has 2 aliphatic rings. The Labute approximate surface area is 102 Å². The second-order valence-electron chi connectivity index (χ2n) is 4.78. The van der Waals surface area contributed by atoms with Crippen LogP contribution in [-0.4, -0.2) is 23.3 Å². The van der Waals surface area contributed by atoms with Crippen LogP contribution in [0.5, 0.6) is 0 Å². The lowest BCUT2D eigenvalue weighted by Gasteiger charge is -2.21. The highest BCUT2D eigenvalue weighted by Crippen LogP contribution is 2.24. The first-order valence-corrected chi connectivity index (χ1v) is 6.47. The van der Waals surface area contributed by atoms with Gasteiger partial charge in [0.1, 0.15) is 0 Å². The number of nitrogens with zero attached hydrogens (tertiary/aromatic N) is 1. The standard InChI is InChI=1S/C14H19NO2/c16-13-8-4-5-11-15(13)14(17)10-9-12-6-2-1-3-7-12/h4,8-10,12H,1-3,5-7,11H2. The minimum atomic E-state index is -0.186. The van der Waals surface area contributed by atoms with Gasteiger partial charge in [0, 0.05) is 6.54 Å². The van der Waals surface area contributed by atoms with E-state index in [1.165, 1.54) is 43.1 Å². The van der Waals surface area contributed by atoms with Gasteiger partial charge in [0.25, 0.3) is 11.8 Å². The summed E-state index contributed by atoms with van der Waals surface area (Å²) in [5.74, 6) is 0.183. The van der Waals surface area contributed by atoms with Gasteiger partial charge in [0.15, 0.2) is 0 Å². The van der Waals surface area contributed by atoms with Crippen molar-refractivity contribution in [2.24, 2.45) is 5.92 Å². The molecular formula is C14H19NO2. The Hall–Kier alpha value is -1.38. The van der Waals surface area contributed by atoms with Crippen LogP contribution in [0.1, 0.15) is 38.5 Å². The highest BCUT2D eigenvalue weighted by molar-refractivity contribution is 6.05. The fourth-order valence-electron chi connectivity index (χ4n) is 2.44. The molecule has 0 atom stereocenters. The monoisotopic (exact) mass is 233 g/mol. The maximum absolute atomic E-state index is 11.8. The maximum Gasteiger partial charge on any atom is 0.253 e. The first-order chi connectivity index (χ1) is 8.27. The Kier molecular flexibility index (Phi) is 4.13. The zero-order chi connectivity index (χ0) is 12.1. The van der Waals surface area contributed by atoms with E-state index in [2.05, 4.69) is 0 Å². The molecule has 0 unspecified atom stereocenters. The number of carbonyl (C=O) groups excluding carboxylic acids is 2. The lowest BCUT2D eigenvalue weighted by atomic mass is 9.89. The molecule has 1 fully saturated rings. The van der Waals surface area contributed by atoms with E-state index in [-0.39, 0.29) is 11.8 Å². The molecule has 92 valence electrons.